The minimum atomic E-state index is -0.640. The maximum absolute atomic E-state index is 13.5. The molecule has 0 saturated carbocycles. The number of likely N-dealkylation sites (N-methyl/N-ethyl adjacent to an activating group) is 1. The van der Waals surface area contributed by atoms with Crippen LogP contribution in [0.5, 0.6) is 5.75 Å². The molecular weight excluding hydrogens is 462 g/mol. The van der Waals surface area contributed by atoms with Crippen LogP contribution in [0.15, 0.2) is 42.0 Å². The fraction of sp³-hybridized carbons (Fsp3) is 0.417. The van der Waals surface area contributed by atoms with Gasteiger partial charge < -0.3 is 30.0 Å². The summed E-state index contributed by atoms with van der Waals surface area (Å²) in [5.41, 5.74) is 0.808. The first-order chi connectivity index (χ1) is 16.7. The van der Waals surface area contributed by atoms with Crippen molar-refractivity contribution < 1.29 is 32.7 Å². The van der Waals surface area contributed by atoms with Crippen molar-refractivity contribution in [1.29, 1.82) is 0 Å². The third-order valence-corrected chi connectivity index (χ3v) is 5.32. The van der Waals surface area contributed by atoms with Crippen molar-refractivity contribution in [3.8, 4) is 5.75 Å². The molecule has 0 saturated heterocycles. The SMILES string of the molecule is COc1ccc(N(C)CC(=O)NCC=O)c(N(C=O)CC(=O)NC(C)CC2C=C(F)C=C(F)C2)c1. The number of allylic oxidation sites excluding steroid dienone is 4. The summed E-state index contributed by atoms with van der Waals surface area (Å²) < 4.78 is 32.2. The molecule has 3 amide bonds. The van der Waals surface area contributed by atoms with E-state index in [1.54, 1.807) is 37.1 Å². The summed E-state index contributed by atoms with van der Waals surface area (Å²) in [6.45, 7) is 1.17. The highest BCUT2D eigenvalue weighted by Crippen LogP contribution is 2.32. The van der Waals surface area contributed by atoms with Crippen LogP contribution in [0.25, 0.3) is 0 Å². The van der Waals surface area contributed by atoms with E-state index in [1.807, 2.05) is 0 Å². The molecule has 2 atom stereocenters. The van der Waals surface area contributed by atoms with E-state index in [0.29, 0.717) is 36.2 Å². The molecule has 2 unspecified atom stereocenters. The lowest BCUT2D eigenvalue weighted by molar-refractivity contribution is -0.122. The number of aldehydes is 1. The van der Waals surface area contributed by atoms with Crippen LogP contribution in [-0.2, 0) is 19.2 Å². The van der Waals surface area contributed by atoms with E-state index < -0.39 is 29.5 Å². The molecular formula is C24H30F2N4O5. The molecule has 2 rings (SSSR count). The Balaban J connectivity index is 2.10. The van der Waals surface area contributed by atoms with Gasteiger partial charge in [0.2, 0.25) is 18.2 Å². The number of ether oxygens (including phenoxy) is 1. The molecule has 0 bridgehead atoms. The van der Waals surface area contributed by atoms with Crippen molar-refractivity contribution in [2.75, 3.05) is 43.6 Å². The zero-order valence-electron chi connectivity index (χ0n) is 19.9. The van der Waals surface area contributed by atoms with E-state index in [-0.39, 0.29) is 32.0 Å². The largest absolute Gasteiger partial charge is 0.497 e. The third-order valence-electron chi connectivity index (χ3n) is 5.32. The summed E-state index contributed by atoms with van der Waals surface area (Å²) in [7, 11) is 3.08. The topological polar surface area (TPSA) is 108 Å². The number of carbonyl (C=O) groups excluding carboxylic acids is 4. The van der Waals surface area contributed by atoms with Gasteiger partial charge in [0.1, 0.15) is 30.2 Å². The van der Waals surface area contributed by atoms with Crippen LogP contribution in [0.1, 0.15) is 19.8 Å². The minimum Gasteiger partial charge on any atom is -0.497 e. The molecule has 1 aromatic rings. The van der Waals surface area contributed by atoms with Gasteiger partial charge in [-0.3, -0.25) is 14.4 Å². The van der Waals surface area contributed by atoms with E-state index in [9.17, 15) is 28.0 Å². The second-order valence-corrected chi connectivity index (χ2v) is 8.23. The van der Waals surface area contributed by atoms with Crippen molar-refractivity contribution in [2.24, 2.45) is 5.92 Å². The van der Waals surface area contributed by atoms with Crippen molar-refractivity contribution in [1.82, 2.24) is 10.6 Å². The Morgan fingerprint density at radius 3 is 2.57 bits per heavy atom. The van der Waals surface area contributed by atoms with E-state index in [0.717, 1.165) is 6.08 Å². The van der Waals surface area contributed by atoms with Gasteiger partial charge in [-0.25, -0.2) is 8.78 Å². The molecule has 11 heteroatoms. The first-order valence-electron chi connectivity index (χ1n) is 11.0. The molecule has 2 N–H and O–H groups in total. The van der Waals surface area contributed by atoms with Crippen LogP contribution in [-0.4, -0.2) is 64.3 Å². The molecule has 0 radical (unpaired) electrons. The van der Waals surface area contributed by atoms with Crippen LogP contribution in [0.3, 0.4) is 0 Å². The molecule has 190 valence electrons. The average Bonchev–Trinajstić information content (AvgIpc) is 2.79. The van der Waals surface area contributed by atoms with E-state index in [2.05, 4.69) is 10.6 Å². The number of methoxy groups -OCH3 is 1. The molecule has 1 aromatic carbocycles. The fourth-order valence-corrected chi connectivity index (χ4v) is 3.81. The van der Waals surface area contributed by atoms with Gasteiger partial charge in [0, 0.05) is 31.7 Å². The average molecular weight is 493 g/mol. The Labute approximate surface area is 202 Å². The second kappa shape index (κ2) is 13.2. The number of amides is 3. The summed E-state index contributed by atoms with van der Waals surface area (Å²) >= 11 is 0. The van der Waals surface area contributed by atoms with Gasteiger partial charge in [0.25, 0.3) is 0 Å². The van der Waals surface area contributed by atoms with Gasteiger partial charge in [0.15, 0.2) is 0 Å². The summed E-state index contributed by atoms with van der Waals surface area (Å²) in [4.78, 5) is 49.8. The first-order valence-corrected chi connectivity index (χ1v) is 11.0. The van der Waals surface area contributed by atoms with E-state index >= 15 is 0 Å². The van der Waals surface area contributed by atoms with Gasteiger partial charge in [-0.15, -0.1) is 0 Å². The standard InChI is InChI=1S/C24H30F2N4O5/c1-16(8-17-9-18(25)11-19(26)10-17)28-24(34)14-30(15-32)22-12-20(35-3)4-5-21(22)29(2)13-23(33)27-6-7-31/h4-5,7,9,11-12,15-17H,6,8,10,13-14H2,1-3H3,(H,27,33)(H,28,34). The minimum absolute atomic E-state index is 0.0635. The maximum atomic E-state index is 13.5. The van der Waals surface area contributed by atoms with Crippen LogP contribution in [0.2, 0.25) is 0 Å². The number of benzene rings is 1. The third kappa shape index (κ3) is 8.51. The van der Waals surface area contributed by atoms with Gasteiger partial charge in [-0.1, -0.05) is 0 Å². The highest BCUT2D eigenvalue weighted by molar-refractivity contribution is 5.93. The predicted molar refractivity (Wildman–Crippen MR) is 127 cm³/mol. The Hall–Kier alpha value is -3.76. The molecule has 0 heterocycles. The zero-order valence-corrected chi connectivity index (χ0v) is 19.9. The number of hydrogen-bond acceptors (Lipinski definition) is 6. The summed E-state index contributed by atoms with van der Waals surface area (Å²) in [5, 5.41) is 5.18. The molecule has 1 aliphatic rings. The van der Waals surface area contributed by atoms with Crippen LogP contribution < -0.4 is 25.2 Å². The molecule has 9 nitrogen and oxygen atoms in total. The number of rotatable bonds is 13. The molecule has 0 aromatic heterocycles. The van der Waals surface area contributed by atoms with E-state index in [4.69, 9.17) is 4.74 Å². The van der Waals surface area contributed by atoms with Gasteiger partial charge in [-0.05, 0) is 37.5 Å². The number of anilines is 2. The Bertz CT molecular complexity index is 998. The lowest BCUT2D eigenvalue weighted by Crippen LogP contribution is -2.42. The molecule has 0 aliphatic heterocycles. The van der Waals surface area contributed by atoms with Crippen molar-refractivity contribution in [3.63, 3.8) is 0 Å². The Morgan fingerprint density at radius 2 is 1.94 bits per heavy atom. The number of nitrogens with one attached hydrogen (secondary N) is 2. The Kier molecular flexibility index (Phi) is 10.4. The molecule has 1 aliphatic carbocycles. The lowest BCUT2D eigenvalue weighted by Gasteiger charge is -2.27. The maximum Gasteiger partial charge on any atom is 0.240 e. The zero-order chi connectivity index (χ0) is 26.0. The van der Waals surface area contributed by atoms with Crippen molar-refractivity contribution in [3.05, 3.63) is 42.0 Å². The molecule has 0 spiro atoms. The van der Waals surface area contributed by atoms with Crippen molar-refractivity contribution >= 4 is 35.9 Å². The number of halogens is 2. The highest BCUT2D eigenvalue weighted by Gasteiger charge is 2.22. The molecule has 35 heavy (non-hydrogen) atoms. The van der Waals surface area contributed by atoms with Gasteiger partial charge in [-0.2, -0.15) is 0 Å². The predicted octanol–water partition coefficient (Wildman–Crippen LogP) is 2.03. The number of nitrogens with zero attached hydrogens (tertiary/aromatic N) is 2. The van der Waals surface area contributed by atoms with Crippen molar-refractivity contribution in [2.45, 2.75) is 25.8 Å². The quantitative estimate of drug-likeness (QED) is 0.408. The molecule has 0 fully saturated rings. The van der Waals surface area contributed by atoms with Gasteiger partial charge >= 0.3 is 0 Å². The lowest BCUT2D eigenvalue weighted by atomic mass is 9.93. The van der Waals surface area contributed by atoms with Crippen LogP contribution in [0.4, 0.5) is 20.2 Å². The Morgan fingerprint density at radius 1 is 1.20 bits per heavy atom. The second-order valence-electron chi connectivity index (χ2n) is 8.23. The monoisotopic (exact) mass is 492 g/mol. The van der Waals surface area contributed by atoms with Crippen LogP contribution in [0, 0.1) is 5.92 Å². The van der Waals surface area contributed by atoms with E-state index in [1.165, 1.54) is 18.1 Å². The smallest absolute Gasteiger partial charge is 0.240 e. The summed E-state index contributed by atoms with van der Waals surface area (Å²) in [6, 6.07) is 4.45. The first kappa shape index (κ1) is 27.5. The highest BCUT2D eigenvalue weighted by atomic mass is 19.1. The van der Waals surface area contributed by atoms with Gasteiger partial charge in [0.05, 0.1) is 31.6 Å². The van der Waals surface area contributed by atoms with Crippen LogP contribution >= 0.6 is 0 Å². The number of hydrogen-bond donors (Lipinski definition) is 2. The number of carbonyl (C=O) groups is 4. The summed E-state index contributed by atoms with van der Waals surface area (Å²) in [5.74, 6) is -2.01. The summed E-state index contributed by atoms with van der Waals surface area (Å²) in [6.07, 6.45) is 3.61. The fourth-order valence-electron chi connectivity index (χ4n) is 3.81. The normalized spacial score (nSPS) is 15.7.